The fourth-order valence-corrected chi connectivity index (χ4v) is 5.65. The highest BCUT2D eigenvalue weighted by molar-refractivity contribution is 6.47. The number of halogens is 3. The van der Waals surface area contributed by atoms with E-state index >= 15 is 0 Å². The van der Waals surface area contributed by atoms with Crippen LogP contribution in [-0.2, 0) is 11.2 Å². The smallest absolute Gasteiger partial charge is 0.534 e. The van der Waals surface area contributed by atoms with Crippen LogP contribution in [-0.4, -0.2) is 104 Å². The number of carbonyl (C=O) groups excluding carboxylic acids is 4. The molecule has 2 aliphatic heterocycles. The van der Waals surface area contributed by atoms with E-state index in [0.717, 1.165) is 11.0 Å². The van der Waals surface area contributed by atoms with Gasteiger partial charge in [-0.15, -0.1) is 0 Å². The fraction of sp³-hybridized carbons (Fsp3) is 0.267. The van der Waals surface area contributed by atoms with E-state index in [1.165, 1.54) is 23.4 Å². The second-order valence-electron chi connectivity index (χ2n) is 11.2. The standard InChI is InChI=1S/C30H28BClF2N6O10/c32-21-16(12-18(34)23(41)24(21)42)22(27(44)37-19-11-14-4-5-17(33)20(28(45)46)25(14)50-31(19)49)38-29(47)40-10-9-39(30(40)48)8-2-7-36-26(43)15-3-1-6-35-13-15/h1,3-6,12-13,19,22,41-42,49H,2,7-11H2,(H,36,43)(H,37,44)(H,38,47)(H,45,46)/t19-,22?/m0/s1. The zero-order chi connectivity index (χ0) is 36.3. The third-order valence-corrected chi connectivity index (χ3v) is 8.34. The number of carbonyl (C=O) groups is 5. The number of fused-ring (bicyclic) bond motifs is 1. The summed E-state index contributed by atoms with van der Waals surface area (Å²) in [5.74, 6) is -9.89. The lowest BCUT2D eigenvalue weighted by Crippen LogP contribution is -2.56. The van der Waals surface area contributed by atoms with Crippen LogP contribution in [0.3, 0.4) is 0 Å². The zero-order valence-electron chi connectivity index (χ0n) is 25.7. The molecule has 16 nitrogen and oxygen atoms in total. The Morgan fingerprint density at radius 1 is 1.12 bits per heavy atom. The molecule has 2 atom stereocenters. The van der Waals surface area contributed by atoms with Crippen LogP contribution in [0.1, 0.15) is 44.3 Å². The van der Waals surface area contributed by atoms with E-state index in [4.69, 9.17) is 16.3 Å². The van der Waals surface area contributed by atoms with Gasteiger partial charge in [0.1, 0.15) is 23.2 Å². The monoisotopic (exact) mass is 716 g/mol. The van der Waals surface area contributed by atoms with Gasteiger partial charge in [-0.05, 0) is 42.7 Å². The minimum absolute atomic E-state index is 0.0962. The number of hydrogen-bond donors (Lipinski definition) is 7. The SMILES string of the molecule is O=C(NCCCN1CCN(C(=O)NC(C(=O)N[C@H]2Cc3ccc(F)c(C(=O)O)c3OB2O)c2cc(F)c(O)c(O)c2Cl)C1=O)c1cccnc1. The van der Waals surface area contributed by atoms with Crippen molar-refractivity contribution < 1.29 is 57.8 Å². The third kappa shape index (κ3) is 7.32. The highest BCUT2D eigenvalue weighted by atomic mass is 35.5. The Kier molecular flexibility index (Phi) is 10.6. The lowest BCUT2D eigenvalue weighted by atomic mass is 9.72. The van der Waals surface area contributed by atoms with E-state index in [1.807, 2.05) is 0 Å². The highest BCUT2D eigenvalue weighted by Crippen LogP contribution is 2.40. The number of aromatic hydroxyl groups is 2. The van der Waals surface area contributed by atoms with Crippen molar-refractivity contribution in [2.24, 2.45) is 0 Å². The number of imide groups is 1. The van der Waals surface area contributed by atoms with Gasteiger partial charge in [-0.25, -0.2) is 28.1 Å². The minimum atomic E-state index is -1.95. The van der Waals surface area contributed by atoms with Crippen LogP contribution in [0.25, 0.3) is 0 Å². The fourth-order valence-electron chi connectivity index (χ4n) is 5.39. The van der Waals surface area contributed by atoms with Crippen LogP contribution in [0.2, 0.25) is 5.02 Å². The van der Waals surface area contributed by atoms with Crippen molar-refractivity contribution in [3.05, 3.63) is 81.6 Å². The molecule has 0 aliphatic carbocycles. The number of aromatic carboxylic acids is 1. The molecular formula is C30H28BClF2N6O10. The van der Waals surface area contributed by atoms with Crippen LogP contribution < -0.4 is 20.6 Å². The van der Waals surface area contributed by atoms with Gasteiger partial charge in [0.15, 0.2) is 17.3 Å². The van der Waals surface area contributed by atoms with Crippen molar-refractivity contribution in [1.82, 2.24) is 30.7 Å². The molecule has 1 saturated heterocycles. The van der Waals surface area contributed by atoms with E-state index in [2.05, 4.69) is 20.9 Å². The van der Waals surface area contributed by atoms with Gasteiger partial charge in [0, 0.05) is 44.1 Å². The molecule has 50 heavy (non-hydrogen) atoms. The lowest BCUT2D eigenvalue weighted by Gasteiger charge is -2.31. The van der Waals surface area contributed by atoms with Crippen molar-refractivity contribution in [2.45, 2.75) is 24.8 Å². The first-order chi connectivity index (χ1) is 23.8. The van der Waals surface area contributed by atoms with Crippen LogP contribution in [0.4, 0.5) is 18.4 Å². The number of nitrogens with zero attached hydrogens (tertiary/aromatic N) is 3. The molecular weight excluding hydrogens is 689 g/mol. The second kappa shape index (κ2) is 14.8. The number of hydrogen-bond acceptors (Lipinski definition) is 10. The van der Waals surface area contributed by atoms with Crippen molar-refractivity contribution in [1.29, 1.82) is 0 Å². The van der Waals surface area contributed by atoms with Crippen molar-refractivity contribution in [3.63, 3.8) is 0 Å². The molecule has 262 valence electrons. The summed E-state index contributed by atoms with van der Waals surface area (Å²) in [6, 6.07) is 1.99. The molecule has 5 rings (SSSR count). The molecule has 1 aromatic heterocycles. The van der Waals surface area contributed by atoms with Gasteiger partial charge in [0.25, 0.3) is 5.91 Å². The molecule has 1 unspecified atom stereocenters. The number of pyridine rings is 1. The van der Waals surface area contributed by atoms with E-state index < -0.39 is 88.1 Å². The van der Waals surface area contributed by atoms with Gasteiger partial charge in [-0.1, -0.05) is 17.7 Å². The molecule has 6 amide bonds. The second-order valence-corrected chi connectivity index (χ2v) is 11.5. The van der Waals surface area contributed by atoms with Gasteiger partial charge in [0.2, 0.25) is 5.91 Å². The Balaban J connectivity index is 1.29. The first kappa shape index (κ1) is 35.6. The Bertz CT molecular complexity index is 1860. The maximum atomic E-state index is 14.6. The third-order valence-electron chi connectivity index (χ3n) is 7.94. The number of nitrogens with one attached hydrogen (secondary N) is 3. The number of urea groups is 2. The Labute approximate surface area is 286 Å². The topological polar surface area (TPSA) is 231 Å². The zero-order valence-corrected chi connectivity index (χ0v) is 26.5. The van der Waals surface area contributed by atoms with E-state index in [0.29, 0.717) is 18.1 Å². The molecule has 0 saturated carbocycles. The van der Waals surface area contributed by atoms with Crippen molar-refractivity contribution in [3.8, 4) is 17.2 Å². The van der Waals surface area contributed by atoms with Gasteiger partial charge >= 0.3 is 25.1 Å². The van der Waals surface area contributed by atoms with Crippen molar-refractivity contribution in [2.75, 3.05) is 26.2 Å². The van der Waals surface area contributed by atoms with E-state index in [9.17, 15) is 53.1 Å². The molecule has 0 radical (unpaired) electrons. The number of phenolic OH excluding ortho intramolecular Hbond substituents is 2. The summed E-state index contributed by atoms with van der Waals surface area (Å²) in [4.78, 5) is 69.9. The largest absolute Gasteiger partial charge is 0.547 e. The number of carboxylic acids is 1. The summed E-state index contributed by atoms with van der Waals surface area (Å²) >= 11 is 6.14. The molecule has 7 N–H and O–H groups in total. The predicted octanol–water partition coefficient (Wildman–Crippen LogP) is 1.57. The number of benzene rings is 2. The van der Waals surface area contributed by atoms with E-state index in [-0.39, 0.29) is 44.1 Å². The Morgan fingerprint density at radius 3 is 2.58 bits per heavy atom. The Morgan fingerprint density at radius 2 is 1.88 bits per heavy atom. The highest BCUT2D eigenvalue weighted by Gasteiger charge is 2.42. The van der Waals surface area contributed by atoms with E-state index in [1.54, 1.807) is 12.1 Å². The van der Waals surface area contributed by atoms with Crippen LogP contribution in [0.15, 0.2) is 42.7 Å². The van der Waals surface area contributed by atoms with Crippen LogP contribution >= 0.6 is 11.6 Å². The number of phenols is 2. The van der Waals surface area contributed by atoms with Crippen LogP contribution in [0.5, 0.6) is 17.2 Å². The quantitative estimate of drug-likeness (QED) is 0.0905. The molecule has 2 aliphatic rings. The summed E-state index contributed by atoms with van der Waals surface area (Å²) in [6.45, 7) is 0.322. The number of rotatable bonds is 10. The molecule has 2 aromatic carbocycles. The molecule has 3 heterocycles. The summed E-state index contributed by atoms with van der Waals surface area (Å²) < 4.78 is 34.0. The van der Waals surface area contributed by atoms with Crippen molar-refractivity contribution >= 4 is 48.6 Å². The van der Waals surface area contributed by atoms with Crippen LogP contribution in [0, 0.1) is 11.6 Å². The van der Waals surface area contributed by atoms with Gasteiger partial charge in [-0.3, -0.25) is 14.6 Å². The molecule has 3 aromatic rings. The Hall–Kier alpha value is -5.69. The first-order valence-corrected chi connectivity index (χ1v) is 15.3. The molecule has 0 spiro atoms. The number of aromatic nitrogens is 1. The van der Waals surface area contributed by atoms with Gasteiger partial charge in [0.05, 0.1) is 16.5 Å². The average molecular weight is 717 g/mol. The average Bonchev–Trinajstić information content (AvgIpc) is 3.46. The maximum Gasteiger partial charge on any atom is 0.547 e. The molecule has 0 bridgehead atoms. The minimum Gasteiger partial charge on any atom is -0.534 e. The predicted molar refractivity (Wildman–Crippen MR) is 168 cm³/mol. The number of carboxylic acid groups (broad SMARTS) is 1. The summed E-state index contributed by atoms with van der Waals surface area (Å²) in [5, 5.41) is 46.6. The lowest BCUT2D eigenvalue weighted by molar-refractivity contribution is -0.123. The normalized spacial score (nSPS) is 16.0. The summed E-state index contributed by atoms with van der Waals surface area (Å²) in [5.41, 5.74) is -0.922. The molecule has 20 heteroatoms. The summed E-state index contributed by atoms with van der Waals surface area (Å²) in [6.07, 6.45) is 2.96. The van der Waals surface area contributed by atoms with Gasteiger partial charge < -0.3 is 45.8 Å². The maximum absolute atomic E-state index is 14.6. The first-order valence-electron chi connectivity index (χ1n) is 14.9. The van der Waals surface area contributed by atoms with Gasteiger partial charge in [-0.2, -0.15) is 0 Å². The summed E-state index contributed by atoms with van der Waals surface area (Å²) in [7, 11) is -1.93. The molecule has 1 fully saturated rings. The number of amides is 6.